The minimum Gasteiger partial charge on any atom is -0.478 e. The molecule has 0 saturated carbocycles. The van der Waals surface area contributed by atoms with E-state index in [2.05, 4.69) is 20.8 Å². The Bertz CT molecular complexity index is 522. The van der Waals surface area contributed by atoms with Crippen molar-refractivity contribution in [1.29, 1.82) is 0 Å². The van der Waals surface area contributed by atoms with E-state index in [1.807, 2.05) is 25.1 Å². The molecule has 0 amide bonds. The Hall–Kier alpha value is -1.33. The highest BCUT2D eigenvalue weighted by Gasteiger charge is 2.20. The van der Waals surface area contributed by atoms with Crippen LogP contribution in [0.2, 0.25) is 0 Å². The van der Waals surface area contributed by atoms with Gasteiger partial charge in [-0.1, -0.05) is 22.0 Å². The summed E-state index contributed by atoms with van der Waals surface area (Å²) < 4.78 is 6.67. The van der Waals surface area contributed by atoms with E-state index in [-0.39, 0.29) is 0 Å². The average molecular weight is 354 g/mol. The molecule has 5 heteroatoms. The van der Waals surface area contributed by atoms with E-state index in [9.17, 15) is 4.79 Å². The van der Waals surface area contributed by atoms with Crippen molar-refractivity contribution < 1.29 is 14.6 Å². The number of ether oxygens (including phenoxy) is 1. The number of halogens is 1. The first-order chi connectivity index (χ1) is 10.1. The number of hydrogen-bond acceptors (Lipinski definition) is 3. The van der Waals surface area contributed by atoms with Gasteiger partial charge in [0.25, 0.3) is 0 Å². The van der Waals surface area contributed by atoms with Gasteiger partial charge in [-0.15, -0.1) is 0 Å². The summed E-state index contributed by atoms with van der Waals surface area (Å²) in [5.74, 6) is -0.932. The Morgan fingerprint density at radius 3 is 2.81 bits per heavy atom. The van der Waals surface area contributed by atoms with E-state index in [4.69, 9.17) is 9.84 Å². The minimum absolute atomic E-state index is 0.344. The molecule has 1 N–H and O–H groups in total. The zero-order chi connectivity index (χ0) is 15.2. The summed E-state index contributed by atoms with van der Waals surface area (Å²) in [6.07, 6.45) is 5.18. The molecule has 1 aromatic rings. The number of carboxylic acid groups (broad SMARTS) is 1. The van der Waals surface area contributed by atoms with Gasteiger partial charge in [0, 0.05) is 35.9 Å². The molecule has 1 aromatic carbocycles. The van der Waals surface area contributed by atoms with Crippen LogP contribution in [0.4, 0.5) is 5.69 Å². The molecule has 1 saturated heterocycles. The standard InChI is InChI=1S/C16H20BrNO3/c1-2-21-14-7-9-18(10-8-14)15-11-13(17)5-3-12(15)4-6-16(19)20/h3-6,11,14H,2,7-10H2,1H3,(H,19,20)/b6-4+. The van der Waals surface area contributed by atoms with Crippen LogP contribution in [0.1, 0.15) is 25.3 Å². The van der Waals surface area contributed by atoms with Crippen LogP contribution in [0.15, 0.2) is 28.7 Å². The third-order valence-electron chi connectivity index (χ3n) is 3.58. The molecule has 2 rings (SSSR count). The van der Waals surface area contributed by atoms with Gasteiger partial charge in [0.15, 0.2) is 0 Å². The van der Waals surface area contributed by atoms with Gasteiger partial charge in [-0.2, -0.15) is 0 Å². The van der Waals surface area contributed by atoms with Gasteiger partial charge in [0.05, 0.1) is 6.10 Å². The van der Waals surface area contributed by atoms with Gasteiger partial charge in [-0.25, -0.2) is 4.79 Å². The van der Waals surface area contributed by atoms with E-state index in [1.54, 1.807) is 6.08 Å². The van der Waals surface area contributed by atoms with Gasteiger partial charge in [0.1, 0.15) is 0 Å². The number of rotatable bonds is 5. The normalized spacial score (nSPS) is 16.6. The molecular weight excluding hydrogens is 334 g/mol. The molecule has 0 atom stereocenters. The molecule has 1 aliphatic heterocycles. The van der Waals surface area contributed by atoms with E-state index < -0.39 is 5.97 Å². The summed E-state index contributed by atoms with van der Waals surface area (Å²) in [7, 11) is 0. The number of carboxylic acids is 1. The van der Waals surface area contributed by atoms with E-state index in [1.165, 1.54) is 6.08 Å². The van der Waals surface area contributed by atoms with E-state index in [0.717, 1.165) is 48.3 Å². The quantitative estimate of drug-likeness (QED) is 0.822. The van der Waals surface area contributed by atoms with Crippen LogP contribution in [0.3, 0.4) is 0 Å². The highest BCUT2D eigenvalue weighted by Crippen LogP contribution is 2.29. The zero-order valence-corrected chi connectivity index (χ0v) is 13.7. The van der Waals surface area contributed by atoms with Gasteiger partial charge < -0.3 is 14.7 Å². The first-order valence-corrected chi connectivity index (χ1v) is 7.96. The lowest BCUT2D eigenvalue weighted by atomic mass is 10.0. The number of carbonyl (C=O) groups is 1. The maximum atomic E-state index is 10.7. The van der Waals surface area contributed by atoms with Crippen LogP contribution in [-0.4, -0.2) is 36.9 Å². The number of hydrogen-bond donors (Lipinski definition) is 1. The van der Waals surface area contributed by atoms with Crippen LogP contribution in [-0.2, 0) is 9.53 Å². The first kappa shape index (κ1) is 16.0. The Balaban J connectivity index is 2.15. The second-order valence-electron chi connectivity index (χ2n) is 5.02. The number of benzene rings is 1. The lowest BCUT2D eigenvalue weighted by molar-refractivity contribution is -0.131. The van der Waals surface area contributed by atoms with Crippen LogP contribution < -0.4 is 4.90 Å². The Morgan fingerprint density at radius 1 is 1.48 bits per heavy atom. The molecule has 0 spiro atoms. The molecule has 4 nitrogen and oxygen atoms in total. The third-order valence-corrected chi connectivity index (χ3v) is 4.08. The average Bonchev–Trinajstić information content (AvgIpc) is 2.47. The molecule has 0 unspecified atom stereocenters. The van der Waals surface area contributed by atoms with Crippen LogP contribution >= 0.6 is 15.9 Å². The van der Waals surface area contributed by atoms with Gasteiger partial charge in [0.2, 0.25) is 0 Å². The molecule has 0 aromatic heterocycles. The summed E-state index contributed by atoms with van der Waals surface area (Å²) in [6, 6.07) is 5.91. The number of aliphatic carboxylic acids is 1. The molecule has 0 radical (unpaired) electrons. The highest BCUT2D eigenvalue weighted by atomic mass is 79.9. The minimum atomic E-state index is -0.932. The monoisotopic (exact) mass is 353 g/mol. The van der Waals surface area contributed by atoms with Crippen molar-refractivity contribution >= 4 is 33.7 Å². The van der Waals surface area contributed by atoms with Crippen molar-refractivity contribution in [2.24, 2.45) is 0 Å². The second-order valence-corrected chi connectivity index (χ2v) is 5.93. The van der Waals surface area contributed by atoms with Crippen LogP contribution in [0.5, 0.6) is 0 Å². The molecule has 0 aliphatic carbocycles. The smallest absolute Gasteiger partial charge is 0.328 e. The summed E-state index contributed by atoms with van der Waals surface area (Å²) >= 11 is 3.49. The number of piperidine rings is 1. The fraction of sp³-hybridized carbons (Fsp3) is 0.438. The van der Waals surface area contributed by atoms with Crippen molar-refractivity contribution in [2.45, 2.75) is 25.9 Å². The maximum absolute atomic E-state index is 10.7. The van der Waals surface area contributed by atoms with E-state index >= 15 is 0 Å². The lowest BCUT2D eigenvalue weighted by Crippen LogP contribution is -2.37. The molecule has 21 heavy (non-hydrogen) atoms. The Morgan fingerprint density at radius 2 is 2.19 bits per heavy atom. The SMILES string of the molecule is CCOC1CCN(c2cc(Br)ccc2/C=C/C(=O)O)CC1. The molecule has 114 valence electrons. The third kappa shape index (κ3) is 4.58. The maximum Gasteiger partial charge on any atom is 0.328 e. The largest absolute Gasteiger partial charge is 0.478 e. The number of nitrogens with zero attached hydrogens (tertiary/aromatic N) is 1. The fourth-order valence-electron chi connectivity index (χ4n) is 2.59. The molecule has 1 heterocycles. The van der Waals surface area contributed by atoms with Crippen molar-refractivity contribution in [3.8, 4) is 0 Å². The first-order valence-electron chi connectivity index (χ1n) is 7.17. The number of anilines is 1. The lowest BCUT2D eigenvalue weighted by Gasteiger charge is -2.34. The molecule has 1 aliphatic rings. The summed E-state index contributed by atoms with van der Waals surface area (Å²) in [5.41, 5.74) is 1.99. The topological polar surface area (TPSA) is 49.8 Å². The van der Waals surface area contributed by atoms with Gasteiger partial charge in [-0.05, 0) is 43.5 Å². The summed E-state index contributed by atoms with van der Waals surface area (Å²) in [5, 5.41) is 8.80. The van der Waals surface area contributed by atoms with Crippen LogP contribution in [0, 0.1) is 0 Å². The predicted octanol–water partition coefficient (Wildman–Crippen LogP) is 3.55. The van der Waals surface area contributed by atoms with Crippen LogP contribution in [0.25, 0.3) is 6.08 Å². The predicted molar refractivity (Wildman–Crippen MR) is 87.7 cm³/mol. The molecule has 0 bridgehead atoms. The Kier molecular flexibility index (Phi) is 5.82. The fourth-order valence-corrected chi connectivity index (χ4v) is 2.94. The summed E-state index contributed by atoms with van der Waals surface area (Å²) in [6.45, 7) is 4.63. The molecule has 1 fully saturated rings. The van der Waals surface area contributed by atoms with Gasteiger partial charge in [-0.3, -0.25) is 0 Å². The van der Waals surface area contributed by atoms with Crippen molar-refractivity contribution in [3.63, 3.8) is 0 Å². The van der Waals surface area contributed by atoms with Crippen molar-refractivity contribution in [2.75, 3.05) is 24.6 Å². The zero-order valence-electron chi connectivity index (χ0n) is 12.1. The van der Waals surface area contributed by atoms with Gasteiger partial charge >= 0.3 is 5.97 Å². The van der Waals surface area contributed by atoms with E-state index in [0.29, 0.717) is 6.10 Å². The van der Waals surface area contributed by atoms with Crippen molar-refractivity contribution in [3.05, 3.63) is 34.3 Å². The molecular formula is C16H20BrNO3. The highest BCUT2D eigenvalue weighted by molar-refractivity contribution is 9.10. The summed E-state index contributed by atoms with van der Waals surface area (Å²) in [4.78, 5) is 13.0. The second kappa shape index (κ2) is 7.61. The van der Waals surface area contributed by atoms with Crippen molar-refractivity contribution in [1.82, 2.24) is 0 Å². The Labute approximate surface area is 133 Å².